The van der Waals surface area contributed by atoms with Crippen LogP contribution in [0.3, 0.4) is 0 Å². The molecule has 21 heavy (non-hydrogen) atoms. The van der Waals surface area contributed by atoms with Crippen molar-refractivity contribution in [3.8, 4) is 0 Å². The van der Waals surface area contributed by atoms with Gasteiger partial charge >= 0.3 is 13.3 Å². The second-order valence-electron chi connectivity index (χ2n) is 7.83. The highest BCUT2D eigenvalue weighted by atomic mass is 31.2. The number of hydrogen-bond acceptors (Lipinski definition) is 3. The van der Waals surface area contributed by atoms with Crippen LogP contribution in [0.2, 0.25) is 39.3 Å². The van der Waals surface area contributed by atoms with E-state index in [9.17, 15) is 13.3 Å². The molecule has 1 rings (SSSR count). The first kappa shape index (κ1) is 19.5. The SMILES string of the molecule is C[Si](C)(C)OP(=O)(O[Si](C)(C)C)C(F)(F)C1CCCCC1. The van der Waals surface area contributed by atoms with Crippen molar-refractivity contribution in [2.75, 3.05) is 0 Å². The van der Waals surface area contributed by atoms with Gasteiger partial charge in [-0.1, -0.05) is 19.3 Å². The fraction of sp³-hybridized carbons (Fsp3) is 1.00. The van der Waals surface area contributed by atoms with Gasteiger partial charge < -0.3 is 8.43 Å². The predicted octanol–water partition coefficient (Wildman–Crippen LogP) is 6.06. The Hall–Kier alpha value is 0.444. The Labute approximate surface area is 129 Å². The van der Waals surface area contributed by atoms with Gasteiger partial charge in [-0.3, -0.25) is 4.57 Å². The Morgan fingerprint density at radius 3 is 1.62 bits per heavy atom. The number of hydrogen-bond donors (Lipinski definition) is 0. The second kappa shape index (κ2) is 6.51. The van der Waals surface area contributed by atoms with Crippen molar-refractivity contribution in [3.63, 3.8) is 0 Å². The molecule has 0 saturated heterocycles. The molecule has 0 radical (unpaired) electrons. The average Bonchev–Trinajstić information content (AvgIpc) is 2.24. The van der Waals surface area contributed by atoms with Gasteiger partial charge in [-0.05, 0) is 52.1 Å². The Kier molecular flexibility index (Phi) is 6.05. The number of halogens is 2. The van der Waals surface area contributed by atoms with Crippen molar-refractivity contribution >= 4 is 24.2 Å². The summed E-state index contributed by atoms with van der Waals surface area (Å²) in [5.41, 5.74) is -3.38. The smallest absolute Gasteiger partial charge is 0.347 e. The summed E-state index contributed by atoms with van der Waals surface area (Å²) in [4.78, 5) is 0. The highest BCUT2D eigenvalue weighted by molar-refractivity contribution is 7.58. The van der Waals surface area contributed by atoms with E-state index in [4.69, 9.17) is 8.43 Å². The van der Waals surface area contributed by atoms with Crippen LogP contribution in [0.4, 0.5) is 8.78 Å². The van der Waals surface area contributed by atoms with Gasteiger partial charge in [-0.2, -0.15) is 8.78 Å². The second-order valence-corrected chi connectivity index (χ2v) is 19.3. The first-order valence-corrected chi connectivity index (χ1v) is 16.0. The number of rotatable bonds is 6. The van der Waals surface area contributed by atoms with Crippen molar-refractivity contribution in [2.45, 2.75) is 77.0 Å². The van der Waals surface area contributed by atoms with E-state index >= 15 is 0 Å². The molecule has 0 bridgehead atoms. The molecule has 0 N–H and O–H groups in total. The van der Waals surface area contributed by atoms with Crippen LogP contribution >= 0.6 is 7.60 Å². The van der Waals surface area contributed by atoms with Crippen LogP contribution in [0.1, 0.15) is 32.1 Å². The summed E-state index contributed by atoms with van der Waals surface area (Å²) in [6.07, 6.45) is 3.31. The summed E-state index contributed by atoms with van der Waals surface area (Å²) in [5, 5.41) is 0. The predicted molar refractivity (Wildman–Crippen MR) is 88.0 cm³/mol. The Morgan fingerprint density at radius 1 is 0.905 bits per heavy atom. The maximum atomic E-state index is 15.0. The largest absolute Gasteiger partial charge is 0.380 e. The van der Waals surface area contributed by atoms with Gasteiger partial charge in [0.25, 0.3) is 0 Å². The van der Waals surface area contributed by atoms with Gasteiger partial charge in [0.2, 0.25) is 0 Å². The van der Waals surface area contributed by atoms with Crippen LogP contribution < -0.4 is 0 Å². The van der Waals surface area contributed by atoms with Crippen LogP contribution in [0.25, 0.3) is 0 Å². The maximum Gasteiger partial charge on any atom is 0.380 e. The molecule has 0 unspecified atom stereocenters. The van der Waals surface area contributed by atoms with Gasteiger partial charge in [-0.15, -0.1) is 0 Å². The van der Waals surface area contributed by atoms with Crippen molar-refractivity contribution in [2.24, 2.45) is 5.92 Å². The molecule has 1 aliphatic carbocycles. The fourth-order valence-electron chi connectivity index (χ4n) is 2.53. The third-order valence-electron chi connectivity index (χ3n) is 3.25. The first-order chi connectivity index (χ1) is 9.27. The van der Waals surface area contributed by atoms with E-state index in [1.165, 1.54) is 0 Å². The summed E-state index contributed by atoms with van der Waals surface area (Å²) in [6, 6.07) is 0. The minimum Gasteiger partial charge on any atom is -0.347 e. The molecule has 0 aromatic carbocycles. The molecule has 0 spiro atoms. The van der Waals surface area contributed by atoms with Crippen LogP contribution in [0, 0.1) is 5.92 Å². The fourth-order valence-corrected chi connectivity index (χ4v) is 10.5. The van der Waals surface area contributed by atoms with Gasteiger partial charge in [0.15, 0.2) is 16.6 Å². The molecule has 0 heterocycles. The molecular formula is C13H29F2O3PSi2. The van der Waals surface area contributed by atoms with Crippen LogP contribution in [-0.4, -0.2) is 22.3 Å². The highest BCUT2D eigenvalue weighted by Gasteiger charge is 2.60. The summed E-state index contributed by atoms with van der Waals surface area (Å²) >= 11 is 0. The Bertz CT molecular complexity index is 379. The molecule has 126 valence electrons. The topological polar surface area (TPSA) is 35.5 Å². The molecule has 0 aliphatic heterocycles. The summed E-state index contributed by atoms with van der Waals surface area (Å²) in [7, 11) is -9.27. The van der Waals surface area contributed by atoms with E-state index in [-0.39, 0.29) is 0 Å². The molecular weight excluding hydrogens is 329 g/mol. The molecule has 1 fully saturated rings. The third-order valence-corrected chi connectivity index (χ3v) is 10.6. The van der Waals surface area contributed by atoms with Crippen molar-refractivity contribution in [1.29, 1.82) is 0 Å². The first-order valence-electron chi connectivity index (χ1n) is 7.66. The van der Waals surface area contributed by atoms with E-state index in [0.717, 1.165) is 19.3 Å². The normalized spacial score (nSPS) is 19.8. The van der Waals surface area contributed by atoms with E-state index in [2.05, 4.69) is 0 Å². The van der Waals surface area contributed by atoms with Gasteiger partial charge in [-0.25, -0.2) is 0 Å². The highest BCUT2D eigenvalue weighted by Crippen LogP contribution is 2.68. The molecule has 3 nitrogen and oxygen atoms in total. The zero-order chi connectivity index (χ0) is 16.5. The van der Waals surface area contributed by atoms with Crippen LogP contribution in [0.5, 0.6) is 0 Å². The molecule has 1 saturated carbocycles. The minimum atomic E-state index is -4.44. The van der Waals surface area contributed by atoms with Gasteiger partial charge in [0, 0.05) is 5.92 Å². The van der Waals surface area contributed by atoms with Crippen LogP contribution in [-0.2, 0) is 13.0 Å². The molecule has 0 atom stereocenters. The zero-order valence-electron chi connectivity index (χ0n) is 14.0. The quantitative estimate of drug-likeness (QED) is 0.428. The van der Waals surface area contributed by atoms with Crippen LogP contribution in [0.15, 0.2) is 0 Å². The molecule has 0 amide bonds. The summed E-state index contributed by atoms with van der Waals surface area (Å²) in [5.74, 6) is -0.884. The monoisotopic (exact) mass is 358 g/mol. The van der Waals surface area contributed by atoms with E-state index in [0.29, 0.717) is 12.8 Å². The molecule has 0 aromatic heterocycles. The lowest BCUT2D eigenvalue weighted by atomic mass is 9.89. The lowest BCUT2D eigenvalue weighted by Crippen LogP contribution is -2.39. The Morgan fingerprint density at radius 2 is 1.29 bits per heavy atom. The minimum absolute atomic E-state index is 0.404. The summed E-state index contributed by atoms with van der Waals surface area (Å²) in [6.45, 7) is 10.6. The lowest BCUT2D eigenvalue weighted by molar-refractivity contribution is -0.0122. The van der Waals surface area contributed by atoms with Gasteiger partial charge in [0.1, 0.15) is 0 Å². The molecule has 0 aromatic rings. The van der Waals surface area contributed by atoms with Crippen molar-refractivity contribution in [3.05, 3.63) is 0 Å². The average molecular weight is 359 g/mol. The van der Waals surface area contributed by atoms with Crippen molar-refractivity contribution in [1.82, 2.24) is 0 Å². The standard InChI is InChI=1S/C13H29F2O3PSi2/c1-20(2,3)17-19(16,18-21(4,5)6)13(14,15)12-10-8-7-9-11-12/h12H,7-11H2,1-6H3. The number of alkyl halides is 2. The van der Waals surface area contributed by atoms with E-state index in [1.807, 2.05) is 0 Å². The molecule has 8 heteroatoms. The third kappa shape index (κ3) is 5.54. The van der Waals surface area contributed by atoms with E-state index < -0.39 is 35.8 Å². The van der Waals surface area contributed by atoms with E-state index in [1.54, 1.807) is 39.3 Å². The lowest BCUT2D eigenvalue weighted by Gasteiger charge is -2.39. The summed E-state index contributed by atoms with van der Waals surface area (Å²) < 4.78 is 53.9. The van der Waals surface area contributed by atoms with Gasteiger partial charge in [0.05, 0.1) is 0 Å². The van der Waals surface area contributed by atoms with Crippen molar-refractivity contribution < 1.29 is 21.8 Å². The Balaban J connectivity index is 3.11. The zero-order valence-corrected chi connectivity index (χ0v) is 16.9. The molecule has 1 aliphatic rings. The maximum absolute atomic E-state index is 15.0.